The van der Waals surface area contributed by atoms with Gasteiger partial charge in [0.1, 0.15) is 0 Å². The van der Waals surface area contributed by atoms with E-state index < -0.39 is 18.0 Å². The van der Waals surface area contributed by atoms with Crippen molar-refractivity contribution in [2.45, 2.75) is 19.9 Å². The highest BCUT2D eigenvalue weighted by Crippen LogP contribution is 2.40. The van der Waals surface area contributed by atoms with Crippen molar-refractivity contribution in [2.75, 3.05) is 20.3 Å². The third kappa shape index (κ3) is 4.43. The van der Waals surface area contributed by atoms with E-state index in [2.05, 4.69) is 26.6 Å². The zero-order valence-electron chi connectivity index (χ0n) is 17.0. The van der Waals surface area contributed by atoms with Crippen LogP contribution in [-0.4, -0.2) is 32.3 Å². The van der Waals surface area contributed by atoms with Crippen LogP contribution in [0.4, 0.5) is 4.79 Å². The van der Waals surface area contributed by atoms with Gasteiger partial charge in [0.05, 0.1) is 37.6 Å². The Morgan fingerprint density at radius 1 is 1.10 bits per heavy atom. The van der Waals surface area contributed by atoms with Crippen LogP contribution in [0, 0.1) is 0 Å². The van der Waals surface area contributed by atoms with E-state index >= 15 is 0 Å². The minimum Gasteiger partial charge on any atom is -0.493 e. The fourth-order valence-electron chi connectivity index (χ4n) is 3.26. The highest BCUT2D eigenvalue weighted by Gasteiger charge is 2.36. The summed E-state index contributed by atoms with van der Waals surface area (Å²) >= 11 is 3.54. The summed E-state index contributed by atoms with van der Waals surface area (Å²) in [5.41, 5.74) is 2.06. The van der Waals surface area contributed by atoms with Crippen LogP contribution in [0.25, 0.3) is 5.70 Å². The van der Waals surface area contributed by atoms with Crippen LogP contribution in [-0.2, 0) is 9.53 Å². The third-order valence-corrected chi connectivity index (χ3v) is 5.21. The van der Waals surface area contributed by atoms with Gasteiger partial charge in [0, 0.05) is 4.47 Å². The topological polar surface area (TPSA) is 85.9 Å². The maximum atomic E-state index is 13.0. The molecule has 8 heteroatoms. The van der Waals surface area contributed by atoms with Crippen LogP contribution in [0.15, 0.2) is 52.5 Å². The van der Waals surface area contributed by atoms with Gasteiger partial charge in [0.25, 0.3) is 0 Å². The summed E-state index contributed by atoms with van der Waals surface area (Å²) < 4.78 is 17.1. The van der Waals surface area contributed by atoms with E-state index in [4.69, 9.17) is 14.2 Å². The number of nitrogens with one attached hydrogen (secondary N) is 2. The number of methoxy groups -OCH3 is 1. The molecule has 0 bridgehead atoms. The molecular weight excluding hydrogens is 452 g/mol. The lowest BCUT2D eigenvalue weighted by molar-refractivity contribution is -0.138. The average molecular weight is 475 g/mol. The molecule has 0 fully saturated rings. The highest BCUT2D eigenvalue weighted by molar-refractivity contribution is 9.10. The van der Waals surface area contributed by atoms with E-state index in [0.717, 1.165) is 0 Å². The largest absolute Gasteiger partial charge is 0.493 e. The summed E-state index contributed by atoms with van der Waals surface area (Å²) in [5, 5.41) is 5.60. The molecule has 0 saturated carbocycles. The molecule has 158 valence electrons. The van der Waals surface area contributed by atoms with Crippen LogP contribution >= 0.6 is 15.9 Å². The first-order valence-corrected chi connectivity index (χ1v) is 10.3. The van der Waals surface area contributed by atoms with Crippen LogP contribution < -0.4 is 20.1 Å². The molecule has 2 aromatic carbocycles. The number of halogens is 1. The summed E-state index contributed by atoms with van der Waals surface area (Å²) in [7, 11) is 1.55. The van der Waals surface area contributed by atoms with Gasteiger partial charge in [-0.25, -0.2) is 9.59 Å². The summed E-state index contributed by atoms with van der Waals surface area (Å²) in [4.78, 5) is 25.5. The highest BCUT2D eigenvalue weighted by atomic mass is 79.9. The normalized spacial score (nSPS) is 15.9. The van der Waals surface area contributed by atoms with Gasteiger partial charge in [-0.2, -0.15) is 0 Å². The molecule has 3 rings (SSSR count). The van der Waals surface area contributed by atoms with E-state index in [1.165, 1.54) is 0 Å². The summed E-state index contributed by atoms with van der Waals surface area (Å²) in [5.74, 6) is 0.530. The number of hydrogen-bond acceptors (Lipinski definition) is 5. The number of hydrogen-bond donors (Lipinski definition) is 2. The van der Waals surface area contributed by atoms with Crippen molar-refractivity contribution in [1.82, 2.24) is 10.6 Å². The van der Waals surface area contributed by atoms with E-state index in [9.17, 15) is 9.59 Å². The molecule has 1 atom stereocenters. The number of amides is 2. The number of benzene rings is 2. The van der Waals surface area contributed by atoms with E-state index in [1.807, 2.05) is 37.3 Å². The first kappa shape index (κ1) is 21.7. The van der Waals surface area contributed by atoms with Crippen molar-refractivity contribution in [1.29, 1.82) is 0 Å². The fraction of sp³-hybridized carbons (Fsp3) is 0.273. The second kappa shape index (κ2) is 9.67. The molecule has 0 aromatic heterocycles. The number of ether oxygens (including phenoxy) is 3. The van der Waals surface area contributed by atoms with Crippen LogP contribution in [0.5, 0.6) is 11.5 Å². The minimum absolute atomic E-state index is 0.207. The maximum absolute atomic E-state index is 13.0. The Kier molecular flexibility index (Phi) is 6.99. The SMILES string of the molecule is CCOC(=O)C1=C(c2ccccc2)NC(=O)N[C@@H]1c1cc(OCC)c(OC)cc1Br. The molecule has 0 saturated heterocycles. The fourth-order valence-corrected chi connectivity index (χ4v) is 3.81. The Bertz CT molecular complexity index is 975. The van der Waals surface area contributed by atoms with E-state index in [0.29, 0.717) is 45.0 Å². The predicted molar refractivity (Wildman–Crippen MR) is 116 cm³/mol. The molecule has 0 radical (unpaired) electrons. The van der Waals surface area contributed by atoms with Crippen LogP contribution in [0.1, 0.15) is 31.0 Å². The Labute approximate surface area is 183 Å². The Balaban J connectivity index is 2.22. The Morgan fingerprint density at radius 3 is 2.47 bits per heavy atom. The molecule has 7 nitrogen and oxygen atoms in total. The molecule has 1 heterocycles. The zero-order valence-corrected chi connectivity index (χ0v) is 18.5. The lowest BCUT2D eigenvalue weighted by Crippen LogP contribution is -2.45. The van der Waals surface area contributed by atoms with Gasteiger partial charge < -0.3 is 24.8 Å². The lowest BCUT2D eigenvalue weighted by Gasteiger charge is -2.30. The van der Waals surface area contributed by atoms with Gasteiger partial charge in [-0.3, -0.25) is 0 Å². The first-order valence-electron chi connectivity index (χ1n) is 9.54. The second-order valence-corrected chi connectivity index (χ2v) is 7.22. The van der Waals surface area contributed by atoms with Crippen LogP contribution in [0.2, 0.25) is 0 Å². The van der Waals surface area contributed by atoms with Crippen LogP contribution in [0.3, 0.4) is 0 Å². The smallest absolute Gasteiger partial charge is 0.338 e. The standard InChI is InChI=1S/C22H23BrN2O5/c1-4-29-17-11-14(15(23)12-16(17)28-3)20-18(21(26)30-5-2)19(24-22(27)25-20)13-9-7-6-8-10-13/h6-12,20H,4-5H2,1-3H3,(H2,24,25,27)/t20-/m1/s1. The van der Waals surface area contributed by atoms with E-state index in [-0.39, 0.29) is 6.61 Å². The molecule has 1 aliphatic heterocycles. The number of carbonyl (C=O) groups excluding carboxylic acids is 2. The van der Waals surface area contributed by atoms with Gasteiger partial charge in [-0.05, 0) is 37.1 Å². The number of esters is 1. The average Bonchev–Trinajstić information content (AvgIpc) is 2.75. The molecule has 2 N–H and O–H groups in total. The zero-order chi connectivity index (χ0) is 21.7. The van der Waals surface area contributed by atoms with Crippen molar-refractivity contribution in [2.24, 2.45) is 0 Å². The lowest BCUT2D eigenvalue weighted by atomic mass is 9.92. The molecular formula is C22H23BrN2O5. The number of rotatable bonds is 7. The number of urea groups is 1. The van der Waals surface area contributed by atoms with Crippen molar-refractivity contribution in [3.8, 4) is 11.5 Å². The Morgan fingerprint density at radius 2 is 1.83 bits per heavy atom. The maximum Gasteiger partial charge on any atom is 0.338 e. The first-order chi connectivity index (χ1) is 14.5. The quantitative estimate of drug-likeness (QED) is 0.587. The molecule has 0 spiro atoms. The second-order valence-electron chi connectivity index (χ2n) is 6.36. The van der Waals surface area contributed by atoms with Gasteiger partial charge in [-0.1, -0.05) is 46.3 Å². The monoisotopic (exact) mass is 474 g/mol. The molecule has 1 aliphatic rings. The van der Waals surface area contributed by atoms with Gasteiger partial charge in [0.2, 0.25) is 0 Å². The Hall–Kier alpha value is -3.00. The summed E-state index contributed by atoms with van der Waals surface area (Å²) in [6.45, 7) is 4.25. The molecule has 2 amide bonds. The van der Waals surface area contributed by atoms with Crippen molar-refractivity contribution in [3.05, 3.63) is 63.6 Å². The number of carbonyl (C=O) groups is 2. The molecule has 0 unspecified atom stereocenters. The van der Waals surface area contributed by atoms with Crippen molar-refractivity contribution < 1.29 is 23.8 Å². The minimum atomic E-state index is -0.757. The molecule has 30 heavy (non-hydrogen) atoms. The van der Waals surface area contributed by atoms with Gasteiger partial charge in [-0.15, -0.1) is 0 Å². The predicted octanol–water partition coefficient (Wildman–Crippen LogP) is 4.18. The molecule has 2 aromatic rings. The van der Waals surface area contributed by atoms with Crippen molar-refractivity contribution in [3.63, 3.8) is 0 Å². The van der Waals surface area contributed by atoms with E-state index in [1.54, 1.807) is 26.2 Å². The molecule has 0 aliphatic carbocycles. The van der Waals surface area contributed by atoms with Gasteiger partial charge in [0.15, 0.2) is 11.5 Å². The summed E-state index contributed by atoms with van der Waals surface area (Å²) in [6.07, 6.45) is 0. The van der Waals surface area contributed by atoms with Gasteiger partial charge >= 0.3 is 12.0 Å². The summed E-state index contributed by atoms with van der Waals surface area (Å²) in [6, 6.07) is 11.5. The van der Waals surface area contributed by atoms with Crippen molar-refractivity contribution >= 4 is 33.6 Å². The third-order valence-electron chi connectivity index (χ3n) is 4.52.